The van der Waals surface area contributed by atoms with E-state index in [4.69, 9.17) is 28.0 Å². The van der Waals surface area contributed by atoms with E-state index >= 15 is 0 Å². The van der Waals surface area contributed by atoms with Gasteiger partial charge in [-0.1, -0.05) is 99.8 Å². The average molecular weight is 721 g/mol. The van der Waals surface area contributed by atoms with Crippen LogP contribution < -0.4 is 4.72 Å². The highest BCUT2D eigenvalue weighted by molar-refractivity contribution is 7.93. The van der Waals surface area contributed by atoms with Crippen molar-refractivity contribution in [3.8, 4) is 0 Å². The molecule has 0 bridgehead atoms. The van der Waals surface area contributed by atoms with Gasteiger partial charge in [0.15, 0.2) is 0 Å². The number of piperidine rings is 1. The van der Waals surface area contributed by atoms with Crippen molar-refractivity contribution in [2.24, 2.45) is 11.3 Å². The fourth-order valence-electron chi connectivity index (χ4n) is 6.27. The van der Waals surface area contributed by atoms with Gasteiger partial charge in [-0.15, -0.1) is 0 Å². The lowest BCUT2D eigenvalue weighted by Gasteiger charge is -2.53. The molecule has 12 heteroatoms. The van der Waals surface area contributed by atoms with Gasteiger partial charge in [0.1, 0.15) is 0 Å². The normalized spacial score (nSPS) is 22.3. The second-order valence-corrected chi connectivity index (χ2v) is 18.7. The zero-order chi connectivity index (χ0) is 34.9. The molecule has 1 aliphatic heterocycles. The number of nitrogens with zero attached hydrogens (tertiary/aromatic N) is 1. The molecule has 3 aromatic rings. The number of hydrogen-bond donors (Lipinski definition) is 2. The Bertz CT molecular complexity index is 1830. The first-order valence-electron chi connectivity index (χ1n) is 15.6. The van der Waals surface area contributed by atoms with Crippen molar-refractivity contribution in [2.75, 3.05) is 5.75 Å². The van der Waals surface area contributed by atoms with Gasteiger partial charge in [-0.3, -0.25) is 14.4 Å². The molecule has 47 heavy (non-hydrogen) atoms. The predicted octanol–water partition coefficient (Wildman–Crippen LogP) is 7.74. The zero-order valence-corrected chi connectivity index (χ0v) is 30.6. The van der Waals surface area contributed by atoms with Crippen LogP contribution in [0.2, 0.25) is 10.0 Å². The van der Waals surface area contributed by atoms with E-state index in [1.54, 1.807) is 56.0 Å². The Labute approximate surface area is 289 Å². The van der Waals surface area contributed by atoms with Crippen molar-refractivity contribution in [3.05, 3.63) is 99.5 Å². The maximum absolute atomic E-state index is 14.9. The number of carbonyl (C=O) groups excluding carboxylic acids is 2. The third kappa shape index (κ3) is 8.39. The topological polar surface area (TPSA) is 124 Å². The number of benzene rings is 3. The summed E-state index contributed by atoms with van der Waals surface area (Å²) >= 11 is 12.8. The smallest absolute Gasteiger partial charge is 0.264 e. The van der Waals surface area contributed by atoms with Crippen LogP contribution in [0.4, 0.5) is 0 Å². The molecule has 8 nitrogen and oxygen atoms in total. The quantitative estimate of drug-likeness (QED) is 0.210. The molecule has 3 aromatic carbocycles. The summed E-state index contributed by atoms with van der Waals surface area (Å²) in [5.74, 6) is -1.87. The van der Waals surface area contributed by atoms with E-state index in [1.165, 1.54) is 12.1 Å². The third-order valence-corrected chi connectivity index (χ3v) is 13.3. The number of aryl methyl sites for hydroxylation is 1. The fraction of sp³-hybridized carbons (Fsp3) is 0.429. The first-order valence-corrected chi connectivity index (χ1v) is 19.6. The molecule has 254 valence electrons. The van der Waals surface area contributed by atoms with Crippen molar-refractivity contribution in [3.63, 3.8) is 0 Å². The highest BCUT2D eigenvalue weighted by Crippen LogP contribution is 2.52. The number of halogens is 2. The molecule has 2 amide bonds. The van der Waals surface area contributed by atoms with Gasteiger partial charge in [-0.05, 0) is 66.8 Å². The Kier molecular flexibility index (Phi) is 11.2. The van der Waals surface area contributed by atoms with Crippen LogP contribution in [-0.2, 0) is 29.3 Å². The van der Waals surface area contributed by atoms with Gasteiger partial charge in [-0.2, -0.15) is 0 Å². The molecule has 0 aromatic heterocycles. The summed E-state index contributed by atoms with van der Waals surface area (Å²) < 4.78 is 50.9. The van der Waals surface area contributed by atoms with E-state index in [1.807, 2.05) is 51.1 Å². The number of rotatable bonds is 11. The molecule has 1 fully saturated rings. The number of hydrogen-bond acceptors (Lipinski definition) is 6. The molecule has 1 aliphatic rings. The SMILES string of the molecule is Cc1ccc(S(=O)(=O)NC(=O)C[C@@]2(C)C[C@H](c3cccc(Cl)c3)[C@@H](c3ccc(Cl)cc3)N(C(CS(=N)(=O)C(C)C)C(C)C)C2=O)cc1. The van der Waals surface area contributed by atoms with Crippen LogP contribution >= 0.6 is 23.2 Å². The number of carbonyl (C=O) groups is 2. The van der Waals surface area contributed by atoms with Crippen LogP contribution in [0.25, 0.3) is 0 Å². The number of amides is 2. The molecule has 2 unspecified atom stereocenters. The van der Waals surface area contributed by atoms with Crippen molar-refractivity contribution in [1.82, 2.24) is 9.62 Å². The molecule has 2 N–H and O–H groups in total. The van der Waals surface area contributed by atoms with Gasteiger partial charge in [0.25, 0.3) is 10.0 Å². The second-order valence-electron chi connectivity index (χ2n) is 13.4. The average Bonchev–Trinajstić information content (AvgIpc) is 2.97. The summed E-state index contributed by atoms with van der Waals surface area (Å²) in [5.41, 5.74) is 1.11. The molecular formula is C35H43Cl2N3O5S2. The Morgan fingerprint density at radius 1 is 0.957 bits per heavy atom. The fourth-order valence-corrected chi connectivity index (χ4v) is 9.01. The molecule has 0 radical (unpaired) electrons. The standard InChI is InChI=1S/C35H43Cl2N3O5S2/c1-22(2)31(21-46(38,43)23(3)4)40-33(25-12-14-27(36)15-13-25)30(26-8-7-9-28(37)18-26)19-35(6,34(40)42)20-32(41)39-47(44,45)29-16-10-24(5)11-17-29/h7-18,22-23,30-31,33,38H,19-21H2,1-6H3,(H,39,41)/t30-,31?,33-,35-,46?/m1/s1. The highest BCUT2D eigenvalue weighted by Gasteiger charge is 2.53. The van der Waals surface area contributed by atoms with Gasteiger partial charge in [-0.25, -0.2) is 17.3 Å². The van der Waals surface area contributed by atoms with E-state index in [-0.39, 0.29) is 28.9 Å². The summed E-state index contributed by atoms with van der Waals surface area (Å²) in [6, 6.07) is 19.4. The van der Waals surface area contributed by atoms with Crippen molar-refractivity contribution in [1.29, 1.82) is 4.78 Å². The molecular weight excluding hydrogens is 677 g/mol. The van der Waals surface area contributed by atoms with E-state index in [2.05, 4.69) is 4.72 Å². The largest absolute Gasteiger partial charge is 0.330 e. The van der Waals surface area contributed by atoms with Crippen LogP contribution in [0.3, 0.4) is 0 Å². The van der Waals surface area contributed by atoms with Crippen molar-refractivity contribution >= 4 is 54.8 Å². The van der Waals surface area contributed by atoms with Gasteiger partial charge in [0.05, 0.1) is 22.1 Å². The highest BCUT2D eigenvalue weighted by atomic mass is 35.5. The van der Waals surface area contributed by atoms with Gasteiger partial charge < -0.3 is 4.90 Å². The van der Waals surface area contributed by atoms with Crippen LogP contribution in [0.1, 0.15) is 76.1 Å². The molecule has 1 saturated heterocycles. The lowest BCUT2D eigenvalue weighted by Crippen LogP contribution is -2.59. The maximum atomic E-state index is 14.9. The Balaban J connectivity index is 1.86. The minimum absolute atomic E-state index is 0.0587. The van der Waals surface area contributed by atoms with Crippen LogP contribution in [0.15, 0.2) is 77.7 Å². The monoisotopic (exact) mass is 719 g/mol. The van der Waals surface area contributed by atoms with Crippen LogP contribution in [-0.4, -0.2) is 46.4 Å². The van der Waals surface area contributed by atoms with Crippen LogP contribution in [0, 0.1) is 23.0 Å². The molecule has 0 spiro atoms. The summed E-state index contributed by atoms with van der Waals surface area (Å²) in [7, 11) is -7.32. The zero-order valence-electron chi connectivity index (χ0n) is 27.5. The Hall–Kier alpha value is -2.92. The van der Waals surface area contributed by atoms with E-state index in [0.29, 0.717) is 10.0 Å². The molecule has 4 rings (SSSR count). The predicted molar refractivity (Wildman–Crippen MR) is 189 cm³/mol. The Morgan fingerprint density at radius 2 is 1.57 bits per heavy atom. The number of nitrogens with one attached hydrogen (secondary N) is 2. The van der Waals surface area contributed by atoms with Gasteiger partial charge in [0.2, 0.25) is 11.8 Å². The minimum atomic E-state index is -4.19. The van der Waals surface area contributed by atoms with E-state index in [0.717, 1.165) is 16.7 Å². The van der Waals surface area contributed by atoms with Crippen molar-refractivity contribution < 1.29 is 22.2 Å². The van der Waals surface area contributed by atoms with Crippen molar-refractivity contribution in [2.45, 2.75) is 82.5 Å². The molecule has 0 saturated carbocycles. The first-order chi connectivity index (χ1) is 21.8. The third-order valence-electron chi connectivity index (χ3n) is 9.03. The second kappa shape index (κ2) is 14.3. The summed E-state index contributed by atoms with van der Waals surface area (Å²) in [6.07, 6.45) is -0.220. The van der Waals surface area contributed by atoms with Crippen LogP contribution in [0.5, 0.6) is 0 Å². The first kappa shape index (κ1) is 36.9. The summed E-state index contributed by atoms with van der Waals surface area (Å²) in [4.78, 5) is 30.2. The Morgan fingerprint density at radius 3 is 2.13 bits per heavy atom. The molecule has 0 aliphatic carbocycles. The summed E-state index contributed by atoms with van der Waals surface area (Å²) in [6.45, 7) is 10.8. The number of likely N-dealkylation sites (tertiary alicyclic amines) is 1. The van der Waals surface area contributed by atoms with Gasteiger partial charge in [0, 0.05) is 43.4 Å². The molecule has 1 heterocycles. The van der Waals surface area contributed by atoms with E-state index in [9.17, 15) is 22.2 Å². The summed E-state index contributed by atoms with van der Waals surface area (Å²) in [5, 5.41) is 0.566. The van der Waals surface area contributed by atoms with Gasteiger partial charge >= 0.3 is 0 Å². The minimum Gasteiger partial charge on any atom is -0.330 e. The lowest BCUT2D eigenvalue weighted by molar-refractivity contribution is -0.157. The maximum Gasteiger partial charge on any atom is 0.264 e. The number of sulfonamides is 1. The van der Waals surface area contributed by atoms with E-state index < -0.39 is 60.7 Å². The molecule has 5 atom stereocenters. The lowest BCUT2D eigenvalue weighted by atomic mass is 9.66.